The fraction of sp³-hybridized carbons (Fsp3) is 0.519. The van der Waals surface area contributed by atoms with Gasteiger partial charge in [-0.2, -0.15) is 13.2 Å². The first-order valence-electron chi connectivity index (χ1n) is 11.5. The molecule has 2 aromatic rings. The summed E-state index contributed by atoms with van der Waals surface area (Å²) in [6.07, 6.45) is 0.363. The molecule has 0 spiro atoms. The van der Waals surface area contributed by atoms with Crippen LogP contribution in [-0.2, 0) is 11.0 Å². The number of halogens is 3. The van der Waals surface area contributed by atoms with Crippen molar-refractivity contribution in [2.24, 2.45) is 23.7 Å². The molecule has 4 heteroatoms. The number of alkyl halides is 3. The first-order chi connectivity index (χ1) is 14.7. The van der Waals surface area contributed by atoms with Crippen molar-refractivity contribution in [1.82, 2.24) is 0 Å². The van der Waals surface area contributed by atoms with Gasteiger partial charge in [-0.05, 0) is 98.4 Å². The van der Waals surface area contributed by atoms with E-state index in [1.807, 2.05) is 6.92 Å². The Bertz CT molecular complexity index is 977. The number of carbonyl (C=O) groups excluding carboxylic acids is 1. The average Bonchev–Trinajstić information content (AvgIpc) is 3.26. The largest absolute Gasteiger partial charge is 0.416 e. The van der Waals surface area contributed by atoms with Crippen molar-refractivity contribution in [2.45, 2.75) is 64.0 Å². The Kier molecular flexibility index (Phi) is 5.02. The lowest BCUT2D eigenvalue weighted by molar-refractivity contribution is -0.137. The molecule has 0 amide bonds. The quantitative estimate of drug-likeness (QED) is 0.505. The summed E-state index contributed by atoms with van der Waals surface area (Å²) in [5.74, 6) is 2.29. The molecule has 1 nitrogen and oxygen atoms in total. The molecule has 2 unspecified atom stereocenters. The highest BCUT2D eigenvalue weighted by molar-refractivity contribution is 5.87. The summed E-state index contributed by atoms with van der Waals surface area (Å²) in [6.45, 7) is 3.99. The summed E-state index contributed by atoms with van der Waals surface area (Å²) in [7, 11) is 0. The molecule has 3 aliphatic rings. The molecule has 0 saturated heterocycles. The lowest BCUT2D eigenvalue weighted by Crippen LogP contribution is -2.15. The zero-order chi connectivity index (χ0) is 21.9. The van der Waals surface area contributed by atoms with Gasteiger partial charge in [-0.25, -0.2) is 0 Å². The lowest BCUT2D eigenvalue weighted by atomic mass is 9.87. The molecule has 0 radical (unpaired) electrons. The van der Waals surface area contributed by atoms with Gasteiger partial charge >= 0.3 is 6.18 Å². The van der Waals surface area contributed by atoms with Gasteiger partial charge in [0.1, 0.15) is 5.78 Å². The molecule has 0 bridgehead atoms. The number of benzene rings is 2. The second-order valence-electron chi connectivity index (χ2n) is 10.2. The topological polar surface area (TPSA) is 17.1 Å². The van der Waals surface area contributed by atoms with E-state index in [1.54, 1.807) is 6.07 Å². The fourth-order valence-corrected chi connectivity index (χ4v) is 6.35. The van der Waals surface area contributed by atoms with E-state index in [9.17, 15) is 18.0 Å². The van der Waals surface area contributed by atoms with Crippen LogP contribution in [0.15, 0.2) is 42.5 Å². The number of fused-ring (bicyclic) bond motifs is 1. The van der Waals surface area contributed by atoms with E-state index in [1.165, 1.54) is 23.3 Å². The molecule has 3 saturated carbocycles. The zero-order valence-corrected chi connectivity index (χ0v) is 18.1. The van der Waals surface area contributed by atoms with Crippen molar-refractivity contribution >= 4 is 5.78 Å². The maximum Gasteiger partial charge on any atom is 0.416 e. The second-order valence-corrected chi connectivity index (χ2v) is 10.2. The van der Waals surface area contributed by atoms with Crippen LogP contribution in [0, 0.1) is 37.5 Å². The van der Waals surface area contributed by atoms with Crippen molar-refractivity contribution in [3.05, 3.63) is 70.3 Å². The van der Waals surface area contributed by atoms with Gasteiger partial charge in [-0.15, -0.1) is 0 Å². The van der Waals surface area contributed by atoms with Crippen LogP contribution in [-0.4, -0.2) is 5.78 Å². The molecule has 3 fully saturated rings. The molecule has 164 valence electrons. The van der Waals surface area contributed by atoms with Crippen molar-refractivity contribution in [3.63, 3.8) is 0 Å². The molecule has 0 aliphatic heterocycles. The summed E-state index contributed by atoms with van der Waals surface area (Å²) in [4.78, 5) is 13.1. The van der Waals surface area contributed by atoms with Crippen LogP contribution in [0.25, 0.3) is 0 Å². The zero-order valence-electron chi connectivity index (χ0n) is 18.1. The maximum absolute atomic E-state index is 13.2. The van der Waals surface area contributed by atoms with Crippen LogP contribution in [0.2, 0.25) is 0 Å². The highest BCUT2D eigenvalue weighted by Gasteiger charge is 2.51. The molecular weight excluding hydrogens is 397 g/mol. The molecule has 6 atom stereocenters. The number of rotatable bonds is 4. The molecule has 2 aromatic carbocycles. The van der Waals surface area contributed by atoms with Gasteiger partial charge in [0.25, 0.3) is 0 Å². The number of carbonyl (C=O) groups is 1. The van der Waals surface area contributed by atoms with Crippen molar-refractivity contribution in [1.29, 1.82) is 0 Å². The highest BCUT2D eigenvalue weighted by atomic mass is 19.4. The Morgan fingerprint density at radius 2 is 1.52 bits per heavy atom. The molecular formula is C27H29F3O. The van der Waals surface area contributed by atoms with Crippen LogP contribution >= 0.6 is 0 Å². The van der Waals surface area contributed by atoms with Crippen LogP contribution in [0.4, 0.5) is 13.2 Å². The summed E-state index contributed by atoms with van der Waals surface area (Å²) in [6, 6.07) is 12.7. The van der Waals surface area contributed by atoms with Gasteiger partial charge in [0, 0.05) is 11.8 Å². The van der Waals surface area contributed by atoms with Gasteiger partial charge in [-0.3, -0.25) is 4.79 Å². The van der Waals surface area contributed by atoms with E-state index in [-0.39, 0.29) is 17.8 Å². The smallest absolute Gasteiger partial charge is 0.299 e. The minimum absolute atomic E-state index is 0.152. The van der Waals surface area contributed by atoms with Gasteiger partial charge in [-0.1, -0.05) is 35.9 Å². The lowest BCUT2D eigenvalue weighted by Gasteiger charge is -2.18. The third-order valence-corrected chi connectivity index (χ3v) is 8.13. The summed E-state index contributed by atoms with van der Waals surface area (Å²) in [5.41, 5.74) is 3.77. The first-order valence-corrected chi connectivity index (χ1v) is 11.5. The Morgan fingerprint density at radius 1 is 0.871 bits per heavy atom. The molecule has 0 heterocycles. The minimum atomic E-state index is -4.30. The number of ketones is 1. The Hall–Kier alpha value is -2.10. The van der Waals surface area contributed by atoms with Crippen molar-refractivity contribution < 1.29 is 18.0 Å². The van der Waals surface area contributed by atoms with E-state index in [2.05, 4.69) is 31.2 Å². The van der Waals surface area contributed by atoms with Crippen LogP contribution in [0.5, 0.6) is 0 Å². The fourth-order valence-electron chi connectivity index (χ4n) is 6.35. The minimum Gasteiger partial charge on any atom is -0.299 e. The molecule has 0 N–H and O–H groups in total. The molecule has 0 aromatic heterocycles. The molecule has 3 aliphatic carbocycles. The van der Waals surface area contributed by atoms with Crippen LogP contribution < -0.4 is 0 Å². The maximum atomic E-state index is 13.2. The predicted octanol–water partition coefficient (Wildman–Crippen LogP) is 7.21. The van der Waals surface area contributed by atoms with Gasteiger partial charge in [0.2, 0.25) is 0 Å². The van der Waals surface area contributed by atoms with E-state index in [4.69, 9.17) is 0 Å². The number of hydrogen-bond acceptors (Lipinski definition) is 1. The summed E-state index contributed by atoms with van der Waals surface area (Å²) < 4.78 is 39.5. The first kappa shape index (κ1) is 20.8. The van der Waals surface area contributed by atoms with E-state index >= 15 is 0 Å². The SMILES string of the molecule is Cc1ccc([C@H]2C[C@H]2C(=O)C2C[C@@H]3CC(c4cc(C(F)(F)F)ccc4C)C[C@@H]3C2)cc1. The Labute approximate surface area is 182 Å². The van der Waals surface area contributed by atoms with E-state index < -0.39 is 11.7 Å². The van der Waals surface area contributed by atoms with Crippen LogP contribution in [0.1, 0.15) is 71.8 Å². The van der Waals surface area contributed by atoms with Gasteiger partial charge < -0.3 is 0 Å². The monoisotopic (exact) mass is 426 g/mol. The van der Waals surface area contributed by atoms with Crippen LogP contribution in [0.3, 0.4) is 0 Å². The average molecular weight is 427 g/mol. The predicted molar refractivity (Wildman–Crippen MR) is 115 cm³/mol. The Balaban J connectivity index is 1.22. The third kappa shape index (κ3) is 3.94. The number of aryl methyl sites for hydroxylation is 2. The van der Waals surface area contributed by atoms with Gasteiger partial charge in [0.15, 0.2) is 0 Å². The van der Waals surface area contributed by atoms with Crippen molar-refractivity contribution in [2.75, 3.05) is 0 Å². The second kappa shape index (κ2) is 7.50. The summed E-state index contributed by atoms with van der Waals surface area (Å²) >= 11 is 0. The summed E-state index contributed by atoms with van der Waals surface area (Å²) in [5, 5.41) is 0. The van der Waals surface area contributed by atoms with E-state index in [0.717, 1.165) is 43.2 Å². The standard InChI is InChI=1S/C27H29F3O/c1-15-3-6-17(7-4-15)24-14-25(24)26(31)21-11-18-9-20(10-19(18)12-21)23-13-22(27(28,29)30)8-5-16(23)2/h3-8,13,18-21,24-25H,9-12,14H2,1-2H3/t18-,19+,20?,21?,24-,25-/m1/s1. The van der Waals surface area contributed by atoms with Crippen molar-refractivity contribution in [3.8, 4) is 0 Å². The number of hydrogen-bond donors (Lipinski definition) is 0. The molecule has 31 heavy (non-hydrogen) atoms. The molecule has 5 rings (SSSR count). The van der Waals surface area contributed by atoms with E-state index in [0.29, 0.717) is 23.5 Å². The third-order valence-electron chi connectivity index (χ3n) is 8.13. The highest BCUT2D eigenvalue weighted by Crippen LogP contribution is 2.56. The van der Waals surface area contributed by atoms with Gasteiger partial charge in [0.05, 0.1) is 5.56 Å². The normalized spacial score (nSPS) is 32.2. The number of Topliss-reactive ketones (excluding diaryl/α,β-unsaturated/α-hetero) is 1. The Morgan fingerprint density at radius 3 is 2.13 bits per heavy atom.